The number of hydrogen-bond acceptors (Lipinski definition) is 4. The number of nitrogens with zero attached hydrogens (tertiary/aromatic N) is 2. The van der Waals surface area contributed by atoms with Gasteiger partial charge in [0.15, 0.2) is 0 Å². The second kappa shape index (κ2) is 12.1. The molecule has 1 fully saturated rings. The minimum absolute atomic E-state index is 0.0346. The number of carbonyl (C=O) groups is 2. The van der Waals surface area contributed by atoms with Crippen LogP contribution in [0.1, 0.15) is 50.2 Å². The lowest BCUT2D eigenvalue weighted by Crippen LogP contribution is -2.53. The summed E-state index contributed by atoms with van der Waals surface area (Å²) in [6.07, 6.45) is 5.25. The van der Waals surface area contributed by atoms with E-state index in [4.69, 9.17) is 11.6 Å². The first-order valence-electron chi connectivity index (χ1n) is 12.1. The number of aryl methyl sites for hydroxylation is 1. The second-order valence-corrected chi connectivity index (χ2v) is 11.6. The number of carbonyl (C=O) groups excluding carboxylic acids is 2. The Kier molecular flexibility index (Phi) is 9.35. The van der Waals surface area contributed by atoms with E-state index < -0.39 is 34.3 Å². The standard InChI is InChI=1S/C26H33ClFN3O4S/c1-4-23(26(33)29-22-7-5-6-8-22)30(16-19-9-12-21(28)13-10-19)25(32)17-31(36(3,34)35)24-14-11-20(27)15-18(24)2/h9-15,22-23H,4-8,16-17H2,1-3H3,(H,29,33)/t23-/m0/s1. The molecule has 0 heterocycles. The van der Waals surface area contributed by atoms with E-state index in [-0.39, 0.29) is 18.5 Å². The summed E-state index contributed by atoms with van der Waals surface area (Å²) in [6.45, 7) is 3.06. The highest BCUT2D eigenvalue weighted by Crippen LogP contribution is 2.26. The minimum atomic E-state index is -3.84. The molecule has 0 aliphatic heterocycles. The molecule has 36 heavy (non-hydrogen) atoms. The molecular weight excluding hydrogens is 505 g/mol. The summed E-state index contributed by atoms with van der Waals surface area (Å²) in [5, 5.41) is 3.50. The number of amides is 2. The normalized spacial score (nSPS) is 14.9. The first kappa shape index (κ1) is 27.9. The van der Waals surface area contributed by atoms with Gasteiger partial charge in [0.25, 0.3) is 0 Å². The number of rotatable bonds is 10. The van der Waals surface area contributed by atoms with Crippen LogP contribution in [0.15, 0.2) is 42.5 Å². The fourth-order valence-electron chi connectivity index (χ4n) is 4.57. The molecule has 0 unspecified atom stereocenters. The van der Waals surface area contributed by atoms with Crippen molar-refractivity contribution in [3.63, 3.8) is 0 Å². The van der Waals surface area contributed by atoms with E-state index in [1.165, 1.54) is 17.0 Å². The minimum Gasteiger partial charge on any atom is -0.352 e. The zero-order chi connectivity index (χ0) is 26.5. The Morgan fingerprint density at radius 2 is 1.78 bits per heavy atom. The number of anilines is 1. The number of benzene rings is 2. The van der Waals surface area contributed by atoms with E-state index in [0.29, 0.717) is 28.3 Å². The smallest absolute Gasteiger partial charge is 0.244 e. The van der Waals surface area contributed by atoms with Gasteiger partial charge in [0.2, 0.25) is 21.8 Å². The van der Waals surface area contributed by atoms with Gasteiger partial charge in [-0.2, -0.15) is 0 Å². The summed E-state index contributed by atoms with van der Waals surface area (Å²) in [4.78, 5) is 28.3. The van der Waals surface area contributed by atoms with Crippen molar-refractivity contribution in [3.8, 4) is 0 Å². The van der Waals surface area contributed by atoms with E-state index in [9.17, 15) is 22.4 Å². The Morgan fingerprint density at radius 1 is 1.14 bits per heavy atom. The molecule has 0 spiro atoms. The molecular formula is C26H33ClFN3O4S. The van der Waals surface area contributed by atoms with Crippen LogP contribution in [0.5, 0.6) is 0 Å². The third-order valence-corrected chi connectivity index (χ3v) is 7.82. The first-order valence-corrected chi connectivity index (χ1v) is 14.3. The molecule has 0 bridgehead atoms. The number of sulfonamides is 1. The maximum absolute atomic E-state index is 13.7. The van der Waals surface area contributed by atoms with Crippen LogP contribution in [0, 0.1) is 12.7 Å². The SMILES string of the molecule is CC[C@@H](C(=O)NC1CCCC1)N(Cc1ccc(F)cc1)C(=O)CN(c1ccc(Cl)cc1C)S(C)(=O)=O. The van der Waals surface area contributed by atoms with E-state index in [0.717, 1.165) is 36.2 Å². The highest BCUT2D eigenvalue weighted by atomic mass is 35.5. The molecule has 7 nitrogen and oxygen atoms in total. The number of hydrogen-bond donors (Lipinski definition) is 1. The number of halogens is 2. The second-order valence-electron chi connectivity index (χ2n) is 9.26. The maximum Gasteiger partial charge on any atom is 0.244 e. The van der Waals surface area contributed by atoms with Crippen LogP contribution >= 0.6 is 11.6 Å². The molecule has 0 radical (unpaired) electrons. The summed E-state index contributed by atoms with van der Waals surface area (Å²) in [6, 6.07) is 9.68. The monoisotopic (exact) mass is 537 g/mol. The molecule has 2 aromatic carbocycles. The molecule has 1 aliphatic carbocycles. The quantitative estimate of drug-likeness (QED) is 0.486. The third kappa shape index (κ3) is 7.20. The summed E-state index contributed by atoms with van der Waals surface area (Å²) >= 11 is 6.04. The third-order valence-electron chi connectivity index (χ3n) is 6.46. The van der Waals surface area contributed by atoms with Gasteiger partial charge >= 0.3 is 0 Å². The molecule has 196 valence electrons. The van der Waals surface area contributed by atoms with Gasteiger partial charge in [0.1, 0.15) is 18.4 Å². The first-order chi connectivity index (χ1) is 17.0. The van der Waals surface area contributed by atoms with Crippen LogP contribution in [0.2, 0.25) is 5.02 Å². The Hall–Kier alpha value is -2.65. The molecule has 1 aliphatic rings. The van der Waals surface area contributed by atoms with Crippen molar-refractivity contribution in [2.45, 2.75) is 64.6 Å². The van der Waals surface area contributed by atoms with Crippen molar-refractivity contribution < 1.29 is 22.4 Å². The largest absolute Gasteiger partial charge is 0.352 e. The summed E-state index contributed by atoms with van der Waals surface area (Å²) in [5.74, 6) is -1.22. The lowest BCUT2D eigenvalue weighted by atomic mass is 10.1. The van der Waals surface area contributed by atoms with E-state index >= 15 is 0 Å². The summed E-state index contributed by atoms with van der Waals surface area (Å²) < 4.78 is 40.0. The van der Waals surface area contributed by atoms with Gasteiger partial charge in [-0.3, -0.25) is 13.9 Å². The average Bonchev–Trinajstić information content (AvgIpc) is 3.31. The Bertz CT molecular complexity index is 1180. The zero-order valence-corrected chi connectivity index (χ0v) is 22.4. The van der Waals surface area contributed by atoms with Crippen molar-refractivity contribution in [1.82, 2.24) is 10.2 Å². The van der Waals surface area contributed by atoms with Crippen LogP contribution in [0.3, 0.4) is 0 Å². The fourth-order valence-corrected chi connectivity index (χ4v) is 5.70. The van der Waals surface area contributed by atoms with Crippen LogP contribution in [-0.4, -0.2) is 50.0 Å². The van der Waals surface area contributed by atoms with Crippen LogP contribution in [0.4, 0.5) is 10.1 Å². The summed E-state index contributed by atoms with van der Waals surface area (Å²) in [5.41, 5.74) is 1.56. The van der Waals surface area contributed by atoms with Crippen molar-refractivity contribution in [1.29, 1.82) is 0 Å². The zero-order valence-electron chi connectivity index (χ0n) is 20.8. The molecule has 3 rings (SSSR count). The highest BCUT2D eigenvalue weighted by Gasteiger charge is 2.33. The van der Waals surface area contributed by atoms with Gasteiger partial charge in [-0.25, -0.2) is 12.8 Å². The predicted octanol–water partition coefficient (Wildman–Crippen LogP) is 4.42. The van der Waals surface area contributed by atoms with Crippen LogP contribution < -0.4 is 9.62 Å². The van der Waals surface area contributed by atoms with Gasteiger partial charge in [0, 0.05) is 17.6 Å². The van der Waals surface area contributed by atoms with Crippen molar-refractivity contribution in [2.24, 2.45) is 0 Å². The molecule has 10 heteroatoms. The van der Waals surface area contributed by atoms with Crippen LogP contribution in [0.25, 0.3) is 0 Å². The van der Waals surface area contributed by atoms with E-state index in [1.54, 1.807) is 37.3 Å². The molecule has 1 saturated carbocycles. The molecule has 0 aromatic heterocycles. The maximum atomic E-state index is 13.7. The fraction of sp³-hybridized carbons (Fsp3) is 0.462. The van der Waals surface area contributed by atoms with Gasteiger partial charge in [-0.15, -0.1) is 0 Å². The lowest BCUT2D eigenvalue weighted by molar-refractivity contribution is -0.140. The Labute approximate surface area is 217 Å². The molecule has 2 amide bonds. The van der Waals surface area contributed by atoms with Gasteiger partial charge < -0.3 is 10.2 Å². The van der Waals surface area contributed by atoms with Gasteiger partial charge in [0.05, 0.1) is 11.9 Å². The Balaban J connectivity index is 1.93. The van der Waals surface area contributed by atoms with Crippen molar-refractivity contribution in [2.75, 3.05) is 17.1 Å². The van der Waals surface area contributed by atoms with Crippen LogP contribution in [-0.2, 0) is 26.2 Å². The Morgan fingerprint density at radius 3 is 2.33 bits per heavy atom. The average molecular weight is 538 g/mol. The lowest BCUT2D eigenvalue weighted by Gasteiger charge is -2.33. The van der Waals surface area contributed by atoms with Gasteiger partial charge in [-0.05, 0) is 67.6 Å². The molecule has 2 aromatic rings. The van der Waals surface area contributed by atoms with E-state index in [1.807, 2.05) is 6.92 Å². The molecule has 1 N–H and O–H groups in total. The van der Waals surface area contributed by atoms with Gasteiger partial charge in [-0.1, -0.05) is 43.5 Å². The molecule has 1 atom stereocenters. The van der Waals surface area contributed by atoms with Crippen molar-refractivity contribution in [3.05, 3.63) is 64.4 Å². The molecule has 0 saturated heterocycles. The van der Waals surface area contributed by atoms with Crippen molar-refractivity contribution >= 4 is 39.1 Å². The van der Waals surface area contributed by atoms with E-state index in [2.05, 4.69) is 5.32 Å². The predicted molar refractivity (Wildman–Crippen MR) is 140 cm³/mol. The topological polar surface area (TPSA) is 86.8 Å². The number of nitrogens with one attached hydrogen (secondary N) is 1. The highest BCUT2D eigenvalue weighted by molar-refractivity contribution is 7.92. The summed E-state index contributed by atoms with van der Waals surface area (Å²) in [7, 11) is -3.84.